The Morgan fingerprint density at radius 1 is 0.821 bits per heavy atom. The van der Waals surface area contributed by atoms with Crippen molar-refractivity contribution in [1.29, 1.82) is 0 Å². The molecule has 0 aromatic heterocycles. The highest BCUT2D eigenvalue weighted by Gasteiger charge is 2.39. The lowest BCUT2D eigenvalue weighted by Gasteiger charge is -2.34. The first-order valence-corrected chi connectivity index (χ1v) is 10.6. The van der Waals surface area contributed by atoms with Gasteiger partial charge in [-0.25, -0.2) is 0 Å². The molecule has 0 amide bonds. The zero-order valence-electron chi connectivity index (χ0n) is 18.3. The second-order valence-corrected chi connectivity index (χ2v) is 8.81. The van der Waals surface area contributed by atoms with Crippen LogP contribution < -0.4 is 0 Å². The van der Waals surface area contributed by atoms with Gasteiger partial charge < -0.3 is 14.9 Å². The van der Waals surface area contributed by atoms with Crippen LogP contribution in [0.5, 0.6) is 0 Å². The van der Waals surface area contributed by atoms with E-state index in [9.17, 15) is 24.6 Å². The van der Waals surface area contributed by atoms with Gasteiger partial charge in [-0.15, -0.1) is 0 Å². The maximum absolute atomic E-state index is 12.8. The molecule has 6 heteroatoms. The van der Waals surface area contributed by atoms with Gasteiger partial charge in [0.05, 0.1) is 18.1 Å². The van der Waals surface area contributed by atoms with E-state index in [0.717, 1.165) is 6.42 Å². The minimum Gasteiger partial charge on any atom is -0.462 e. The number of carbonyl (C=O) groups is 3. The summed E-state index contributed by atoms with van der Waals surface area (Å²) in [5, 5.41) is 21.3. The average molecular weight is 399 g/mol. The fraction of sp³-hybridized carbons (Fsp3) is 0.864. The number of esters is 1. The molecule has 1 fully saturated rings. The molecule has 1 heterocycles. The van der Waals surface area contributed by atoms with E-state index in [4.69, 9.17) is 4.74 Å². The Hall–Kier alpha value is -1.27. The average Bonchev–Trinajstić information content (AvgIpc) is 2.67. The summed E-state index contributed by atoms with van der Waals surface area (Å²) >= 11 is 0. The highest BCUT2D eigenvalue weighted by Crippen LogP contribution is 2.29. The number of ketones is 2. The first-order valence-electron chi connectivity index (χ1n) is 10.6. The molecule has 0 saturated carbocycles. The summed E-state index contributed by atoms with van der Waals surface area (Å²) in [6.07, 6.45) is -1.01. The van der Waals surface area contributed by atoms with Crippen molar-refractivity contribution in [2.24, 2.45) is 35.5 Å². The molecule has 0 aromatic carbocycles. The van der Waals surface area contributed by atoms with Crippen molar-refractivity contribution in [2.75, 3.05) is 0 Å². The second kappa shape index (κ2) is 10.5. The molecule has 162 valence electrons. The van der Waals surface area contributed by atoms with Crippen LogP contribution in [0.2, 0.25) is 0 Å². The van der Waals surface area contributed by atoms with Crippen molar-refractivity contribution in [3.63, 3.8) is 0 Å². The van der Waals surface area contributed by atoms with Gasteiger partial charge in [0.25, 0.3) is 0 Å². The summed E-state index contributed by atoms with van der Waals surface area (Å²) in [5.74, 6) is -4.27. The molecule has 1 aliphatic rings. The zero-order valence-corrected chi connectivity index (χ0v) is 18.3. The van der Waals surface area contributed by atoms with E-state index in [1.54, 1.807) is 41.5 Å². The van der Waals surface area contributed by atoms with E-state index >= 15 is 0 Å². The smallest absolute Gasteiger partial charge is 0.311 e. The molecule has 9 unspecified atom stereocenters. The molecular formula is C22H38O6. The van der Waals surface area contributed by atoms with E-state index in [2.05, 4.69) is 0 Å². The SMILES string of the molecule is CCCC1OC(=O)C(C)C(O)C(C)C(=O)C(C)CC(C)C(=O)C(C)C(O)C1C. The maximum Gasteiger partial charge on any atom is 0.311 e. The van der Waals surface area contributed by atoms with Crippen LogP contribution in [-0.4, -0.2) is 46.1 Å². The lowest BCUT2D eigenvalue weighted by atomic mass is 9.77. The minimum atomic E-state index is -1.15. The molecule has 9 atom stereocenters. The summed E-state index contributed by atoms with van der Waals surface area (Å²) < 4.78 is 5.64. The van der Waals surface area contributed by atoms with E-state index in [0.29, 0.717) is 12.8 Å². The number of rotatable bonds is 2. The number of aliphatic hydroxyl groups excluding tert-OH is 2. The van der Waals surface area contributed by atoms with Gasteiger partial charge in [0, 0.05) is 29.6 Å². The van der Waals surface area contributed by atoms with Crippen LogP contribution in [0.1, 0.15) is 67.7 Å². The van der Waals surface area contributed by atoms with Gasteiger partial charge in [-0.3, -0.25) is 14.4 Å². The summed E-state index contributed by atoms with van der Waals surface area (Å²) in [6, 6.07) is 0. The van der Waals surface area contributed by atoms with Crippen molar-refractivity contribution in [3.05, 3.63) is 0 Å². The van der Waals surface area contributed by atoms with Crippen LogP contribution in [0.4, 0.5) is 0 Å². The predicted molar refractivity (Wildman–Crippen MR) is 106 cm³/mol. The quantitative estimate of drug-likeness (QED) is 0.694. The third kappa shape index (κ3) is 5.63. The highest BCUT2D eigenvalue weighted by atomic mass is 16.5. The van der Waals surface area contributed by atoms with Crippen LogP contribution in [0.3, 0.4) is 0 Å². The maximum atomic E-state index is 12.8. The summed E-state index contributed by atoms with van der Waals surface area (Å²) in [4.78, 5) is 38.2. The Morgan fingerprint density at radius 3 is 1.75 bits per heavy atom. The fourth-order valence-electron chi connectivity index (χ4n) is 4.21. The van der Waals surface area contributed by atoms with E-state index < -0.39 is 53.9 Å². The molecular weight excluding hydrogens is 360 g/mol. The molecule has 0 bridgehead atoms. The third-order valence-electron chi connectivity index (χ3n) is 6.45. The Bertz CT molecular complexity index is 559. The van der Waals surface area contributed by atoms with Crippen LogP contribution in [0, 0.1) is 35.5 Å². The minimum absolute atomic E-state index is 0.0980. The standard InChI is InChI=1S/C22H38O6/c1-8-9-17-13(4)20(25)14(5)18(23)11(2)10-12(3)19(24)15(6)21(26)16(7)22(27)28-17/h11-17,20-21,25-26H,8-10H2,1-7H3. The van der Waals surface area contributed by atoms with Crippen molar-refractivity contribution in [1.82, 2.24) is 0 Å². The van der Waals surface area contributed by atoms with Gasteiger partial charge in [0.15, 0.2) is 0 Å². The summed E-state index contributed by atoms with van der Waals surface area (Å²) in [6.45, 7) is 12.1. The van der Waals surface area contributed by atoms with Gasteiger partial charge in [0.1, 0.15) is 17.7 Å². The third-order valence-corrected chi connectivity index (χ3v) is 6.45. The number of cyclic esters (lactones) is 1. The van der Waals surface area contributed by atoms with Crippen molar-refractivity contribution in [3.8, 4) is 0 Å². The zero-order chi connectivity index (χ0) is 21.8. The molecule has 0 radical (unpaired) electrons. The largest absolute Gasteiger partial charge is 0.462 e. The summed E-state index contributed by atoms with van der Waals surface area (Å²) in [7, 11) is 0. The van der Waals surface area contributed by atoms with Gasteiger partial charge in [-0.1, -0.05) is 48.0 Å². The lowest BCUT2D eigenvalue weighted by molar-refractivity contribution is -0.165. The molecule has 6 nitrogen and oxygen atoms in total. The Balaban J connectivity index is 3.27. The molecule has 1 rings (SSSR count). The van der Waals surface area contributed by atoms with Crippen molar-refractivity contribution >= 4 is 17.5 Å². The highest BCUT2D eigenvalue weighted by molar-refractivity contribution is 5.87. The molecule has 0 aromatic rings. The van der Waals surface area contributed by atoms with Gasteiger partial charge >= 0.3 is 5.97 Å². The van der Waals surface area contributed by atoms with Crippen molar-refractivity contribution < 1.29 is 29.3 Å². The number of hydrogen-bond acceptors (Lipinski definition) is 6. The number of hydrogen-bond donors (Lipinski definition) is 2. The Morgan fingerprint density at radius 2 is 1.29 bits per heavy atom. The molecule has 1 saturated heterocycles. The molecule has 2 N–H and O–H groups in total. The molecule has 0 aliphatic carbocycles. The number of aliphatic hydroxyl groups is 2. The van der Waals surface area contributed by atoms with Gasteiger partial charge in [0.2, 0.25) is 0 Å². The Kier molecular flexibility index (Phi) is 9.28. The van der Waals surface area contributed by atoms with Crippen LogP contribution in [-0.2, 0) is 19.1 Å². The molecule has 1 aliphatic heterocycles. The van der Waals surface area contributed by atoms with E-state index in [1.807, 2.05) is 6.92 Å². The van der Waals surface area contributed by atoms with Crippen LogP contribution in [0.15, 0.2) is 0 Å². The van der Waals surface area contributed by atoms with Crippen molar-refractivity contribution in [2.45, 2.75) is 86.0 Å². The second-order valence-electron chi connectivity index (χ2n) is 8.81. The fourth-order valence-corrected chi connectivity index (χ4v) is 4.21. The first kappa shape index (κ1) is 24.8. The number of ether oxygens (including phenoxy) is 1. The van der Waals surface area contributed by atoms with Gasteiger partial charge in [-0.2, -0.15) is 0 Å². The molecule has 28 heavy (non-hydrogen) atoms. The number of Topliss-reactive ketones (excluding diaryl/α,β-unsaturated/α-hetero) is 2. The predicted octanol–water partition coefficient (Wildman–Crippen LogP) is 2.78. The van der Waals surface area contributed by atoms with Crippen LogP contribution >= 0.6 is 0 Å². The monoisotopic (exact) mass is 398 g/mol. The Labute approximate surface area is 169 Å². The topological polar surface area (TPSA) is 101 Å². The lowest BCUT2D eigenvalue weighted by Crippen LogP contribution is -2.44. The normalized spacial score (nSPS) is 42.0. The summed E-state index contributed by atoms with van der Waals surface area (Å²) in [5.41, 5.74) is 0. The van der Waals surface area contributed by atoms with E-state index in [1.165, 1.54) is 0 Å². The van der Waals surface area contributed by atoms with Crippen LogP contribution in [0.25, 0.3) is 0 Å². The van der Waals surface area contributed by atoms with E-state index in [-0.39, 0.29) is 17.5 Å². The van der Waals surface area contributed by atoms with Gasteiger partial charge in [-0.05, 0) is 19.8 Å². The number of carbonyl (C=O) groups excluding carboxylic acids is 3. The molecule has 0 spiro atoms. The first-order chi connectivity index (χ1) is 12.9.